The van der Waals surface area contributed by atoms with Crippen molar-refractivity contribution in [1.82, 2.24) is 9.97 Å². The summed E-state index contributed by atoms with van der Waals surface area (Å²) < 4.78 is 26.6. The number of unbranched alkanes of at least 4 members (excludes halogenated alkanes) is 2. The number of nitrogens with one attached hydrogen (secondary N) is 2. The van der Waals surface area contributed by atoms with Crippen LogP contribution in [0.2, 0.25) is 0 Å². The molecule has 0 radical (unpaired) electrons. The van der Waals surface area contributed by atoms with Crippen molar-refractivity contribution in [2.45, 2.75) is 24.4 Å². The Bertz CT molecular complexity index is 1070. The zero-order valence-electron chi connectivity index (χ0n) is 17.7. The molecule has 0 saturated carbocycles. The van der Waals surface area contributed by atoms with Gasteiger partial charge in [0.15, 0.2) is 5.16 Å². The number of rotatable bonds is 10. The first kappa shape index (κ1) is 22.1. The smallest absolute Gasteiger partial charge is 0.166 e. The predicted octanol–water partition coefficient (Wildman–Crippen LogP) is 7.40. The number of imidazole rings is 1. The maximum absolute atomic E-state index is 13.6. The summed E-state index contributed by atoms with van der Waals surface area (Å²) in [7, 11) is 0. The Morgan fingerprint density at radius 2 is 1.53 bits per heavy atom. The highest BCUT2D eigenvalue weighted by molar-refractivity contribution is 7.99. The standard InChI is InChI=1S/C26H25F2N3S/c27-21-14-15-23(22(28)18-21)29-16-8-3-9-17-32-26-30-24(19-10-4-1-5-11-19)25(31-26)20-12-6-2-7-13-20/h1-2,4-7,10-15,18,29H,3,8-9,16-17H2,(H,30,31). The molecule has 0 saturated heterocycles. The van der Waals surface area contributed by atoms with Gasteiger partial charge in [-0.05, 0) is 25.0 Å². The second-order valence-electron chi connectivity index (χ2n) is 7.46. The molecule has 0 bridgehead atoms. The van der Waals surface area contributed by atoms with Crippen molar-refractivity contribution in [3.8, 4) is 22.5 Å². The highest BCUT2D eigenvalue weighted by Crippen LogP contribution is 2.32. The second-order valence-corrected chi connectivity index (χ2v) is 8.54. The van der Waals surface area contributed by atoms with Crippen molar-refractivity contribution < 1.29 is 8.78 Å². The van der Waals surface area contributed by atoms with Gasteiger partial charge >= 0.3 is 0 Å². The highest BCUT2D eigenvalue weighted by Gasteiger charge is 2.14. The molecular formula is C26H25F2N3S. The second kappa shape index (κ2) is 11.0. The molecule has 0 aliphatic heterocycles. The van der Waals surface area contributed by atoms with Crippen LogP contribution in [0.15, 0.2) is 84.0 Å². The summed E-state index contributed by atoms with van der Waals surface area (Å²) in [5, 5.41) is 3.94. The van der Waals surface area contributed by atoms with Gasteiger partial charge in [0.2, 0.25) is 0 Å². The lowest BCUT2D eigenvalue weighted by molar-refractivity contribution is 0.584. The third-order valence-corrected chi connectivity index (χ3v) is 6.06. The fraction of sp³-hybridized carbons (Fsp3) is 0.192. The van der Waals surface area contributed by atoms with E-state index < -0.39 is 11.6 Å². The summed E-state index contributed by atoms with van der Waals surface area (Å²) in [4.78, 5) is 8.37. The van der Waals surface area contributed by atoms with Gasteiger partial charge in [0.05, 0.1) is 17.1 Å². The van der Waals surface area contributed by atoms with Crippen LogP contribution >= 0.6 is 11.8 Å². The summed E-state index contributed by atoms with van der Waals surface area (Å²) in [6.07, 6.45) is 2.96. The minimum atomic E-state index is -0.561. The molecule has 0 unspecified atom stereocenters. The molecule has 164 valence electrons. The van der Waals surface area contributed by atoms with Crippen molar-refractivity contribution in [3.63, 3.8) is 0 Å². The number of nitrogens with zero attached hydrogens (tertiary/aromatic N) is 1. The number of benzene rings is 3. The van der Waals surface area contributed by atoms with E-state index in [1.807, 2.05) is 36.4 Å². The van der Waals surface area contributed by atoms with Crippen LogP contribution in [0.5, 0.6) is 0 Å². The third-order valence-electron chi connectivity index (χ3n) is 5.10. The predicted molar refractivity (Wildman–Crippen MR) is 129 cm³/mol. The Balaban J connectivity index is 1.29. The zero-order chi connectivity index (χ0) is 22.2. The molecule has 1 heterocycles. The van der Waals surface area contributed by atoms with Gasteiger partial charge < -0.3 is 10.3 Å². The van der Waals surface area contributed by atoms with Gasteiger partial charge in [0, 0.05) is 29.5 Å². The quantitative estimate of drug-likeness (QED) is 0.196. The number of H-pyrrole nitrogens is 1. The molecule has 4 aromatic rings. The number of thioether (sulfide) groups is 1. The van der Waals surface area contributed by atoms with Crippen LogP contribution in [-0.2, 0) is 0 Å². The maximum atomic E-state index is 13.6. The monoisotopic (exact) mass is 449 g/mol. The normalized spacial score (nSPS) is 10.9. The lowest BCUT2D eigenvalue weighted by Gasteiger charge is -2.07. The van der Waals surface area contributed by atoms with Gasteiger partial charge in [0.1, 0.15) is 11.6 Å². The van der Waals surface area contributed by atoms with E-state index in [0.29, 0.717) is 12.2 Å². The van der Waals surface area contributed by atoms with Crippen LogP contribution in [-0.4, -0.2) is 22.3 Å². The largest absolute Gasteiger partial charge is 0.383 e. The van der Waals surface area contributed by atoms with Gasteiger partial charge in [-0.3, -0.25) is 0 Å². The number of hydrogen-bond donors (Lipinski definition) is 2. The molecular weight excluding hydrogens is 424 g/mol. The summed E-state index contributed by atoms with van der Waals surface area (Å²) in [5.74, 6) is -0.170. The number of halogens is 2. The van der Waals surface area contributed by atoms with Gasteiger partial charge in [-0.25, -0.2) is 13.8 Å². The first-order chi connectivity index (χ1) is 15.7. The van der Waals surface area contributed by atoms with Crippen molar-refractivity contribution in [1.29, 1.82) is 0 Å². The molecule has 2 N–H and O–H groups in total. The van der Waals surface area contributed by atoms with E-state index >= 15 is 0 Å². The molecule has 6 heteroatoms. The van der Waals surface area contributed by atoms with E-state index in [1.54, 1.807) is 11.8 Å². The van der Waals surface area contributed by atoms with Crippen LogP contribution in [0.3, 0.4) is 0 Å². The minimum Gasteiger partial charge on any atom is -0.383 e. The van der Waals surface area contributed by atoms with E-state index in [0.717, 1.165) is 58.8 Å². The number of hydrogen-bond acceptors (Lipinski definition) is 3. The number of aromatic nitrogens is 2. The lowest BCUT2D eigenvalue weighted by atomic mass is 10.1. The Morgan fingerprint density at radius 1 is 0.812 bits per heavy atom. The third kappa shape index (κ3) is 5.77. The van der Waals surface area contributed by atoms with Crippen LogP contribution < -0.4 is 5.32 Å². The average molecular weight is 450 g/mol. The molecule has 0 spiro atoms. The summed E-state index contributed by atoms with van der Waals surface area (Å²) in [5.41, 5.74) is 4.55. The van der Waals surface area contributed by atoms with Gasteiger partial charge in [-0.15, -0.1) is 0 Å². The van der Waals surface area contributed by atoms with E-state index in [4.69, 9.17) is 4.98 Å². The molecule has 0 amide bonds. The molecule has 4 rings (SSSR count). The van der Waals surface area contributed by atoms with Crippen molar-refractivity contribution >= 4 is 17.4 Å². The zero-order valence-corrected chi connectivity index (χ0v) is 18.5. The van der Waals surface area contributed by atoms with Gasteiger partial charge in [-0.2, -0.15) is 0 Å². The summed E-state index contributed by atoms with van der Waals surface area (Å²) in [6, 6.07) is 24.1. The fourth-order valence-electron chi connectivity index (χ4n) is 3.47. The maximum Gasteiger partial charge on any atom is 0.166 e. The molecule has 0 aliphatic carbocycles. The van der Waals surface area contributed by atoms with E-state index in [1.165, 1.54) is 12.1 Å². The molecule has 3 aromatic carbocycles. The van der Waals surface area contributed by atoms with E-state index in [2.05, 4.69) is 34.6 Å². The van der Waals surface area contributed by atoms with Gasteiger partial charge in [0.25, 0.3) is 0 Å². The van der Waals surface area contributed by atoms with Crippen LogP contribution in [0.1, 0.15) is 19.3 Å². The van der Waals surface area contributed by atoms with Crippen LogP contribution in [0.25, 0.3) is 22.5 Å². The highest BCUT2D eigenvalue weighted by atomic mass is 32.2. The Morgan fingerprint density at radius 3 is 2.25 bits per heavy atom. The topological polar surface area (TPSA) is 40.7 Å². The summed E-state index contributed by atoms with van der Waals surface area (Å²) in [6.45, 7) is 0.657. The van der Waals surface area contributed by atoms with Crippen molar-refractivity contribution in [2.24, 2.45) is 0 Å². The first-order valence-electron chi connectivity index (χ1n) is 10.7. The SMILES string of the molecule is Fc1ccc(NCCCCCSc2nc(-c3ccccc3)c(-c3ccccc3)[nH]2)c(F)c1. The molecule has 3 nitrogen and oxygen atoms in total. The first-order valence-corrected chi connectivity index (χ1v) is 11.7. The number of anilines is 1. The van der Waals surface area contributed by atoms with Crippen LogP contribution in [0.4, 0.5) is 14.5 Å². The molecule has 0 fully saturated rings. The Labute approximate surface area is 191 Å². The number of aromatic amines is 1. The molecule has 32 heavy (non-hydrogen) atoms. The van der Waals surface area contributed by atoms with Gasteiger partial charge in [-0.1, -0.05) is 78.8 Å². The Hall–Kier alpha value is -3.12. The van der Waals surface area contributed by atoms with Crippen molar-refractivity contribution in [2.75, 3.05) is 17.6 Å². The summed E-state index contributed by atoms with van der Waals surface area (Å²) >= 11 is 1.71. The molecule has 0 aliphatic rings. The molecule has 0 atom stereocenters. The minimum absolute atomic E-state index is 0.346. The Kier molecular flexibility index (Phi) is 7.56. The van der Waals surface area contributed by atoms with Crippen molar-refractivity contribution in [3.05, 3.63) is 90.5 Å². The lowest BCUT2D eigenvalue weighted by Crippen LogP contribution is -2.03. The average Bonchev–Trinajstić information content (AvgIpc) is 3.25. The van der Waals surface area contributed by atoms with E-state index in [-0.39, 0.29) is 0 Å². The van der Waals surface area contributed by atoms with Crippen LogP contribution in [0, 0.1) is 11.6 Å². The fourth-order valence-corrected chi connectivity index (χ4v) is 4.34. The van der Waals surface area contributed by atoms with E-state index in [9.17, 15) is 8.78 Å². The molecule has 1 aromatic heterocycles.